The van der Waals surface area contributed by atoms with Gasteiger partial charge in [0, 0.05) is 6.54 Å². The van der Waals surface area contributed by atoms with Crippen molar-refractivity contribution in [3.05, 3.63) is 81.8 Å². The molecular formula is C23H20Cl2N2O4S. The average Bonchev–Trinajstić information content (AvgIpc) is 3.20. The number of halogens is 2. The molecule has 0 bridgehead atoms. The molecule has 0 saturated heterocycles. The lowest BCUT2D eigenvalue weighted by atomic mass is 10.2. The third-order valence-corrected chi connectivity index (χ3v) is 7.60. The first kappa shape index (κ1) is 22.5. The Kier molecular flexibility index (Phi) is 6.33. The molecule has 0 aliphatic carbocycles. The van der Waals surface area contributed by atoms with Crippen LogP contribution in [0.1, 0.15) is 11.1 Å². The zero-order valence-electron chi connectivity index (χ0n) is 17.1. The Morgan fingerprint density at radius 1 is 1.06 bits per heavy atom. The van der Waals surface area contributed by atoms with Gasteiger partial charge in [-0.15, -0.1) is 0 Å². The fourth-order valence-electron chi connectivity index (χ4n) is 3.57. The van der Waals surface area contributed by atoms with Crippen LogP contribution in [0.15, 0.2) is 65.6 Å². The van der Waals surface area contributed by atoms with Gasteiger partial charge in [0.05, 0.1) is 26.3 Å². The van der Waals surface area contributed by atoms with Gasteiger partial charge in [-0.3, -0.25) is 9.10 Å². The molecule has 1 aliphatic heterocycles. The highest BCUT2D eigenvalue weighted by Gasteiger charge is 2.30. The minimum absolute atomic E-state index is 0.173. The first-order valence-electron chi connectivity index (χ1n) is 9.85. The number of nitrogens with zero attached hydrogens (tertiary/aromatic N) is 1. The van der Waals surface area contributed by atoms with E-state index in [1.807, 2.05) is 24.3 Å². The molecule has 1 amide bonds. The van der Waals surface area contributed by atoms with Gasteiger partial charge in [0.1, 0.15) is 5.75 Å². The van der Waals surface area contributed by atoms with Crippen LogP contribution >= 0.6 is 23.2 Å². The van der Waals surface area contributed by atoms with Crippen LogP contribution in [0.3, 0.4) is 0 Å². The van der Waals surface area contributed by atoms with Crippen LogP contribution in [0.2, 0.25) is 10.0 Å². The summed E-state index contributed by atoms with van der Waals surface area (Å²) >= 11 is 12.1. The number of nitrogens with one attached hydrogen (secondary N) is 1. The molecule has 0 fully saturated rings. The van der Waals surface area contributed by atoms with Crippen molar-refractivity contribution in [1.82, 2.24) is 0 Å². The van der Waals surface area contributed by atoms with E-state index in [0.29, 0.717) is 45.7 Å². The van der Waals surface area contributed by atoms with E-state index in [4.69, 9.17) is 27.9 Å². The van der Waals surface area contributed by atoms with Gasteiger partial charge in [-0.1, -0.05) is 47.5 Å². The number of hydrogen-bond donors (Lipinski definition) is 1. The van der Waals surface area contributed by atoms with E-state index in [2.05, 4.69) is 5.32 Å². The summed E-state index contributed by atoms with van der Waals surface area (Å²) in [6.07, 6.45) is 0.681. The fraction of sp³-hybridized carbons (Fsp3) is 0.174. The summed E-state index contributed by atoms with van der Waals surface area (Å²) in [5, 5.41) is 3.26. The Morgan fingerprint density at radius 2 is 1.78 bits per heavy atom. The van der Waals surface area contributed by atoms with Crippen LogP contribution in [0.4, 0.5) is 11.4 Å². The van der Waals surface area contributed by atoms with E-state index in [-0.39, 0.29) is 11.5 Å². The maximum Gasteiger partial charge on any atom is 0.264 e. The predicted molar refractivity (Wildman–Crippen MR) is 126 cm³/mol. The molecule has 0 radical (unpaired) electrons. The Labute approximate surface area is 196 Å². The second kappa shape index (κ2) is 9.02. The molecule has 1 N–H and O–H groups in total. The van der Waals surface area contributed by atoms with Gasteiger partial charge in [0.2, 0.25) is 0 Å². The minimum Gasteiger partial charge on any atom is -0.483 e. The lowest BCUT2D eigenvalue weighted by Gasteiger charge is -2.20. The van der Waals surface area contributed by atoms with Crippen molar-refractivity contribution >= 4 is 50.5 Å². The van der Waals surface area contributed by atoms with Crippen LogP contribution in [-0.4, -0.2) is 27.5 Å². The maximum atomic E-state index is 13.2. The molecule has 3 aromatic rings. The molecule has 0 atom stereocenters. The molecule has 0 aromatic heterocycles. The topological polar surface area (TPSA) is 75.7 Å². The van der Waals surface area contributed by atoms with E-state index >= 15 is 0 Å². The minimum atomic E-state index is -3.70. The summed E-state index contributed by atoms with van der Waals surface area (Å²) in [6, 6.07) is 17.0. The van der Waals surface area contributed by atoms with Gasteiger partial charge in [-0.2, -0.15) is 0 Å². The number of carbonyl (C=O) groups is 1. The zero-order valence-corrected chi connectivity index (χ0v) is 19.5. The summed E-state index contributed by atoms with van der Waals surface area (Å²) in [5.74, 6) is -0.0315. The number of rotatable bonds is 6. The van der Waals surface area contributed by atoms with Gasteiger partial charge in [0.25, 0.3) is 15.9 Å². The molecule has 9 heteroatoms. The smallest absolute Gasteiger partial charge is 0.264 e. The number of carbonyl (C=O) groups excluding carboxylic acids is 1. The molecule has 4 rings (SSSR count). The Balaban J connectivity index is 1.46. The SMILES string of the molecule is Cc1cc(S(=O)(=O)N2CCc3ccccc32)ccc1OCC(=O)Nc1c(Cl)cccc1Cl. The fourth-order valence-corrected chi connectivity index (χ4v) is 5.65. The standard InChI is InChI=1S/C23H20Cl2N2O4S/c1-15-13-17(32(29,30)27-12-11-16-5-2-3-8-20(16)27)9-10-21(15)31-14-22(28)26-23-18(24)6-4-7-19(23)25/h2-10,13H,11-12,14H2,1H3,(H,26,28). The number of anilines is 2. The molecule has 3 aromatic carbocycles. The van der Waals surface area contributed by atoms with Gasteiger partial charge in [-0.05, 0) is 60.9 Å². The summed E-state index contributed by atoms with van der Waals surface area (Å²) in [5.41, 5.74) is 2.63. The summed E-state index contributed by atoms with van der Waals surface area (Å²) < 4.78 is 33.4. The molecule has 32 heavy (non-hydrogen) atoms. The van der Waals surface area contributed by atoms with Gasteiger partial charge in [-0.25, -0.2) is 8.42 Å². The largest absolute Gasteiger partial charge is 0.483 e. The molecule has 0 spiro atoms. The number of para-hydroxylation sites is 2. The van der Waals surface area contributed by atoms with E-state index in [9.17, 15) is 13.2 Å². The zero-order chi connectivity index (χ0) is 22.9. The predicted octanol–water partition coefficient (Wildman–Crippen LogP) is 5.07. The Bertz CT molecular complexity index is 1270. The maximum absolute atomic E-state index is 13.2. The molecule has 0 unspecified atom stereocenters. The van der Waals surface area contributed by atoms with Crippen LogP contribution in [0.5, 0.6) is 5.75 Å². The molecule has 1 heterocycles. The number of sulfonamides is 1. The van der Waals surface area contributed by atoms with E-state index < -0.39 is 15.9 Å². The van der Waals surface area contributed by atoms with E-state index in [0.717, 1.165) is 5.56 Å². The Morgan fingerprint density at radius 3 is 2.50 bits per heavy atom. The number of hydrogen-bond acceptors (Lipinski definition) is 4. The van der Waals surface area contributed by atoms with Gasteiger partial charge in [0.15, 0.2) is 6.61 Å². The molecule has 0 saturated carbocycles. The molecule has 1 aliphatic rings. The normalized spacial score (nSPS) is 13.0. The summed E-state index contributed by atoms with van der Waals surface area (Å²) in [4.78, 5) is 12.4. The number of fused-ring (bicyclic) bond motifs is 1. The van der Waals surface area contributed by atoms with Crippen LogP contribution in [0, 0.1) is 6.92 Å². The van der Waals surface area contributed by atoms with Crippen molar-refractivity contribution in [3.63, 3.8) is 0 Å². The van der Waals surface area contributed by atoms with Gasteiger partial charge >= 0.3 is 0 Å². The Hall–Kier alpha value is -2.74. The molecular weight excluding hydrogens is 471 g/mol. The van der Waals surface area contributed by atoms with E-state index in [1.54, 1.807) is 37.3 Å². The highest BCUT2D eigenvalue weighted by atomic mass is 35.5. The van der Waals surface area contributed by atoms with Crippen molar-refractivity contribution in [3.8, 4) is 5.75 Å². The highest BCUT2D eigenvalue weighted by molar-refractivity contribution is 7.92. The van der Waals surface area contributed by atoms with Crippen LogP contribution in [-0.2, 0) is 21.2 Å². The monoisotopic (exact) mass is 490 g/mol. The second-order valence-corrected chi connectivity index (χ2v) is 9.99. The lowest BCUT2D eigenvalue weighted by Crippen LogP contribution is -2.29. The van der Waals surface area contributed by atoms with Crippen molar-refractivity contribution in [1.29, 1.82) is 0 Å². The highest BCUT2D eigenvalue weighted by Crippen LogP contribution is 2.34. The van der Waals surface area contributed by atoms with Crippen molar-refractivity contribution in [2.24, 2.45) is 0 Å². The van der Waals surface area contributed by atoms with Crippen LogP contribution in [0.25, 0.3) is 0 Å². The number of aryl methyl sites for hydroxylation is 1. The van der Waals surface area contributed by atoms with Crippen molar-refractivity contribution in [2.45, 2.75) is 18.2 Å². The quantitative estimate of drug-likeness (QED) is 0.523. The average molecular weight is 491 g/mol. The third kappa shape index (κ3) is 4.41. The number of ether oxygens (including phenoxy) is 1. The first-order chi connectivity index (χ1) is 15.3. The molecule has 166 valence electrons. The second-order valence-electron chi connectivity index (χ2n) is 7.32. The van der Waals surface area contributed by atoms with Gasteiger partial charge < -0.3 is 10.1 Å². The third-order valence-electron chi connectivity index (χ3n) is 5.16. The van der Waals surface area contributed by atoms with Crippen molar-refractivity contribution < 1.29 is 17.9 Å². The van der Waals surface area contributed by atoms with Crippen molar-refractivity contribution in [2.75, 3.05) is 22.8 Å². The van der Waals surface area contributed by atoms with E-state index in [1.165, 1.54) is 10.4 Å². The number of benzene rings is 3. The molecule has 6 nitrogen and oxygen atoms in total. The van der Waals surface area contributed by atoms with Crippen LogP contribution < -0.4 is 14.4 Å². The number of amides is 1. The first-order valence-corrected chi connectivity index (χ1v) is 12.0. The lowest BCUT2D eigenvalue weighted by molar-refractivity contribution is -0.118. The summed E-state index contributed by atoms with van der Waals surface area (Å²) in [6.45, 7) is 1.85. The summed E-state index contributed by atoms with van der Waals surface area (Å²) in [7, 11) is -3.70.